The van der Waals surface area contributed by atoms with Gasteiger partial charge in [0.25, 0.3) is 0 Å². The molecule has 3 rings (SSSR count). The minimum atomic E-state index is -0.00186. The molecule has 21 heavy (non-hydrogen) atoms. The zero-order valence-corrected chi connectivity index (χ0v) is 13.6. The van der Waals surface area contributed by atoms with Gasteiger partial charge in [0.05, 0.1) is 6.61 Å². The van der Waals surface area contributed by atoms with E-state index in [9.17, 15) is 4.79 Å². The summed E-state index contributed by atoms with van der Waals surface area (Å²) in [5, 5.41) is 0.974. The second-order valence-electron chi connectivity index (χ2n) is 5.44. The minimum absolute atomic E-state index is 0.00186. The van der Waals surface area contributed by atoms with Gasteiger partial charge in [-0.3, -0.25) is 4.79 Å². The molecule has 0 spiro atoms. The predicted octanol–water partition coefficient (Wildman–Crippen LogP) is 4.64. The number of allylic oxidation sites excluding steroid dienone is 2. The lowest BCUT2D eigenvalue weighted by molar-refractivity contribution is 0.101. The lowest BCUT2D eigenvalue weighted by Gasteiger charge is -2.07. The molecule has 0 radical (unpaired) electrons. The largest absolute Gasteiger partial charge is 0.493 e. The van der Waals surface area contributed by atoms with E-state index in [1.807, 2.05) is 18.2 Å². The van der Waals surface area contributed by atoms with Crippen molar-refractivity contribution < 1.29 is 14.3 Å². The summed E-state index contributed by atoms with van der Waals surface area (Å²) in [5.74, 6) is 1.85. The highest BCUT2D eigenvalue weighted by Gasteiger charge is 2.33. The van der Waals surface area contributed by atoms with Gasteiger partial charge in [-0.25, -0.2) is 0 Å². The van der Waals surface area contributed by atoms with Crippen LogP contribution >= 0.6 is 15.9 Å². The fraction of sp³-hybridized carbons (Fsp3) is 0.471. The number of hydrogen-bond acceptors (Lipinski definition) is 3. The Kier molecular flexibility index (Phi) is 4.63. The smallest absolute Gasteiger partial charge is 0.235 e. The number of carbonyl (C=O) groups excluding carboxylic acids is 1. The van der Waals surface area contributed by atoms with Crippen molar-refractivity contribution in [3.8, 4) is 11.5 Å². The molecule has 1 fully saturated rings. The molecular formula is C17H19BrO3. The van der Waals surface area contributed by atoms with Gasteiger partial charge in [0.1, 0.15) is 17.1 Å². The Balaban J connectivity index is 1.81. The number of carbonyl (C=O) groups is 1. The maximum atomic E-state index is 12.6. The van der Waals surface area contributed by atoms with Crippen molar-refractivity contribution in [3.05, 3.63) is 35.1 Å². The minimum Gasteiger partial charge on any atom is -0.493 e. The monoisotopic (exact) mass is 350 g/mol. The van der Waals surface area contributed by atoms with Gasteiger partial charge in [-0.05, 0) is 56.2 Å². The van der Waals surface area contributed by atoms with Crippen LogP contribution in [0.3, 0.4) is 0 Å². The van der Waals surface area contributed by atoms with Crippen LogP contribution in [-0.2, 0) is 0 Å². The van der Waals surface area contributed by atoms with Crippen molar-refractivity contribution in [3.63, 3.8) is 0 Å². The normalized spacial score (nSPS) is 17.1. The number of ether oxygens (including phenoxy) is 2. The highest BCUT2D eigenvalue weighted by Crippen LogP contribution is 2.41. The van der Waals surface area contributed by atoms with E-state index in [1.165, 1.54) is 5.57 Å². The number of alkyl halides is 1. The number of ketones is 1. The first-order chi connectivity index (χ1) is 10.3. The fourth-order valence-electron chi connectivity index (χ4n) is 2.85. The summed E-state index contributed by atoms with van der Waals surface area (Å²) in [6.07, 6.45) is 6.31. The van der Waals surface area contributed by atoms with Crippen molar-refractivity contribution in [2.45, 2.75) is 38.5 Å². The summed E-state index contributed by atoms with van der Waals surface area (Å²) in [6.45, 7) is 0.626. The van der Waals surface area contributed by atoms with Gasteiger partial charge >= 0.3 is 0 Å². The third-order valence-corrected chi connectivity index (χ3v) is 4.51. The van der Waals surface area contributed by atoms with Gasteiger partial charge in [-0.2, -0.15) is 0 Å². The van der Waals surface area contributed by atoms with Crippen LogP contribution < -0.4 is 9.47 Å². The van der Waals surface area contributed by atoms with E-state index in [0.717, 1.165) is 43.9 Å². The molecule has 1 aromatic carbocycles. The third-order valence-electron chi connectivity index (χ3n) is 3.95. The second kappa shape index (κ2) is 6.65. The topological polar surface area (TPSA) is 35.5 Å². The number of unbranched alkanes of at least 4 members (excludes halogenated alkanes) is 1. The molecule has 112 valence electrons. The molecule has 0 bridgehead atoms. The summed E-state index contributed by atoms with van der Waals surface area (Å²) < 4.78 is 11.6. The number of benzene rings is 1. The van der Waals surface area contributed by atoms with Crippen molar-refractivity contribution in [2.24, 2.45) is 0 Å². The summed E-state index contributed by atoms with van der Waals surface area (Å²) in [6, 6.07) is 5.59. The van der Waals surface area contributed by atoms with E-state index in [0.29, 0.717) is 29.4 Å². The Hall–Kier alpha value is -1.29. The van der Waals surface area contributed by atoms with Gasteiger partial charge in [-0.15, -0.1) is 0 Å². The molecule has 1 heterocycles. The highest BCUT2D eigenvalue weighted by molar-refractivity contribution is 9.09. The summed E-state index contributed by atoms with van der Waals surface area (Å²) >= 11 is 3.40. The van der Waals surface area contributed by atoms with E-state index < -0.39 is 0 Å². The van der Waals surface area contributed by atoms with Crippen molar-refractivity contribution in [1.29, 1.82) is 0 Å². The van der Waals surface area contributed by atoms with Crippen LogP contribution in [0.2, 0.25) is 0 Å². The number of fused-ring (bicyclic) bond motifs is 1. The molecule has 0 aromatic heterocycles. The molecule has 0 N–H and O–H groups in total. The molecule has 0 saturated heterocycles. The van der Waals surface area contributed by atoms with Gasteiger partial charge in [0.15, 0.2) is 5.76 Å². The maximum absolute atomic E-state index is 12.6. The van der Waals surface area contributed by atoms with Crippen LogP contribution in [-0.4, -0.2) is 17.7 Å². The van der Waals surface area contributed by atoms with Crippen LogP contribution in [0.15, 0.2) is 29.5 Å². The lowest BCUT2D eigenvalue weighted by atomic mass is 10.1. The van der Waals surface area contributed by atoms with Gasteiger partial charge in [0.2, 0.25) is 5.78 Å². The van der Waals surface area contributed by atoms with Crippen LogP contribution in [0.4, 0.5) is 0 Å². The van der Waals surface area contributed by atoms with Crippen LogP contribution in [0.5, 0.6) is 11.5 Å². The van der Waals surface area contributed by atoms with Gasteiger partial charge in [-0.1, -0.05) is 22.0 Å². The van der Waals surface area contributed by atoms with Crippen molar-refractivity contribution in [2.75, 3.05) is 11.9 Å². The van der Waals surface area contributed by atoms with Crippen molar-refractivity contribution >= 4 is 21.7 Å². The Bertz CT molecular complexity index is 569. The molecule has 0 unspecified atom stereocenters. The van der Waals surface area contributed by atoms with Crippen LogP contribution in [0.1, 0.15) is 48.9 Å². The molecule has 0 amide bonds. The predicted molar refractivity (Wildman–Crippen MR) is 85.4 cm³/mol. The average Bonchev–Trinajstić information content (AvgIpc) is 3.12. The molecule has 1 aliphatic carbocycles. The molecule has 2 aliphatic rings. The first-order valence-corrected chi connectivity index (χ1v) is 8.70. The molecule has 1 saturated carbocycles. The summed E-state index contributed by atoms with van der Waals surface area (Å²) in [5.41, 5.74) is 1.77. The molecule has 1 aromatic rings. The van der Waals surface area contributed by atoms with E-state index in [2.05, 4.69) is 15.9 Å². The second-order valence-corrected chi connectivity index (χ2v) is 6.24. The van der Waals surface area contributed by atoms with E-state index in [4.69, 9.17) is 9.47 Å². The molecule has 1 aliphatic heterocycles. The SMILES string of the molecule is O=C1C(=C2CCCC2)Oc2cccc(OCCCCBr)c21. The first kappa shape index (κ1) is 14.6. The number of rotatable bonds is 5. The van der Waals surface area contributed by atoms with E-state index in [-0.39, 0.29) is 5.78 Å². The third kappa shape index (κ3) is 3.00. The van der Waals surface area contributed by atoms with E-state index >= 15 is 0 Å². The highest BCUT2D eigenvalue weighted by atomic mass is 79.9. The van der Waals surface area contributed by atoms with Crippen LogP contribution in [0.25, 0.3) is 0 Å². The Morgan fingerprint density at radius 3 is 2.76 bits per heavy atom. The zero-order chi connectivity index (χ0) is 14.7. The van der Waals surface area contributed by atoms with Crippen LogP contribution in [0, 0.1) is 0 Å². The zero-order valence-electron chi connectivity index (χ0n) is 12.0. The molecule has 0 atom stereocenters. The average molecular weight is 351 g/mol. The van der Waals surface area contributed by atoms with E-state index in [1.54, 1.807) is 0 Å². The first-order valence-electron chi connectivity index (χ1n) is 7.57. The van der Waals surface area contributed by atoms with Gasteiger partial charge < -0.3 is 9.47 Å². The molecule has 3 nitrogen and oxygen atoms in total. The lowest BCUT2D eigenvalue weighted by Crippen LogP contribution is -2.05. The molecule has 4 heteroatoms. The summed E-state index contributed by atoms with van der Waals surface area (Å²) in [4.78, 5) is 12.6. The Morgan fingerprint density at radius 2 is 2.00 bits per heavy atom. The quantitative estimate of drug-likeness (QED) is 0.440. The molecular weight excluding hydrogens is 332 g/mol. The number of Topliss-reactive ketones (excluding diaryl/α,β-unsaturated/α-hetero) is 1. The number of halogens is 1. The standard InChI is InChI=1S/C17H19BrO3/c18-10-3-4-11-20-13-8-5-9-14-15(13)16(19)17(21-14)12-6-1-2-7-12/h5,8-9H,1-4,6-7,10-11H2. The number of hydrogen-bond donors (Lipinski definition) is 0. The maximum Gasteiger partial charge on any atom is 0.235 e. The Morgan fingerprint density at radius 1 is 1.19 bits per heavy atom. The van der Waals surface area contributed by atoms with Crippen molar-refractivity contribution in [1.82, 2.24) is 0 Å². The summed E-state index contributed by atoms with van der Waals surface area (Å²) in [7, 11) is 0. The van der Waals surface area contributed by atoms with Gasteiger partial charge in [0, 0.05) is 5.33 Å². The Labute approximate surface area is 133 Å². The fourth-order valence-corrected chi connectivity index (χ4v) is 3.25.